The van der Waals surface area contributed by atoms with E-state index < -0.39 is 0 Å². The summed E-state index contributed by atoms with van der Waals surface area (Å²) < 4.78 is 10.4. The molecule has 1 aromatic carbocycles. The Balaban J connectivity index is 2.00. The monoisotopic (exact) mass is 265 g/mol. The van der Waals surface area contributed by atoms with E-state index in [0.717, 1.165) is 24.3 Å². The van der Waals surface area contributed by atoms with Crippen molar-refractivity contribution in [2.24, 2.45) is 0 Å². The molecule has 96 valence electrons. The van der Waals surface area contributed by atoms with Gasteiger partial charge in [0.15, 0.2) is 11.5 Å². The summed E-state index contributed by atoms with van der Waals surface area (Å²) in [4.78, 5) is 11.7. The SMILES string of the molecule is COc1ccc(C23CNC(C2)C(=O)S3)cc1OC. The summed E-state index contributed by atoms with van der Waals surface area (Å²) in [5.74, 6) is 1.43. The molecule has 3 rings (SSSR count). The zero-order valence-corrected chi connectivity index (χ0v) is 11.2. The maximum Gasteiger partial charge on any atom is 0.206 e. The smallest absolute Gasteiger partial charge is 0.206 e. The van der Waals surface area contributed by atoms with Gasteiger partial charge in [-0.15, -0.1) is 0 Å². The first-order valence-corrected chi connectivity index (χ1v) is 6.69. The van der Waals surface area contributed by atoms with Gasteiger partial charge >= 0.3 is 0 Å². The van der Waals surface area contributed by atoms with Gasteiger partial charge in [0.1, 0.15) is 0 Å². The van der Waals surface area contributed by atoms with Crippen molar-refractivity contribution in [3.05, 3.63) is 23.8 Å². The lowest BCUT2D eigenvalue weighted by atomic mass is 9.95. The third kappa shape index (κ3) is 1.61. The average molecular weight is 265 g/mol. The zero-order chi connectivity index (χ0) is 12.8. The fourth-order valence-electron chi connectivity index (χ4n) is 2.67. The molecular weight excluding hydrogens is 250 g/mol. The highest BCUT2D eigenvalue weighted by Crippen LogP contribution is 2.52. The van der Waals surface area contributed by atoms with E-state index in [1.165, 1.54) is 11.8 Å². The van der Waals surface area contributed by atoms with Crippen LogP contribution in [0.15, 0.2) is 18.2 Å². The summed E-state index contributed by atoms with van der Waals surface area (Å²) in [5, 5.41) is 3.52. The number of ether oxygens (including phenoxy) is 2. The van der Waals surface area contributed by atoms with E-state index in [-0.39, 0.29) is 15.9 Å². The van der Waals surface area contributed by atoms with Crippen molar-refractivity contribution in [1.82, 2.24) is 5.32 Å². The quantitative estimate of drug-likeness (QED) is 0.898. The third-order valence-corrected chi connectivity index (χ3v) is 5.08. The van der Waals surface area contributed by atoms with Crippen LogP contribution in [0.2, 0.25) is 0 Å². The van der Waals surface area contributed by atoms with Crippen LogP contribution >= 0.6 is 11.8 Å². The Morgan fingerprint density at radius 3 is 2.67 bits per heavy atom. The Labute approximate surface area is 110 Å². The Morgan fingerprint density at radius 1 is 1.33 bits per heavy atom. The second-order valence-corrected chi connectivity index (χ2v) is 6.01. The van der Waals surface area contributed by atoms with E-state index in [4.69, 9.17) is 9.47 Å². The van der Waals surface area contributed by atoms with E-state index in [2.05, 4.69) is 5.32 Å². The van der Waals surface area contributed by atoms with Crippen LogP contribution in [0.1, 0.15) is 12.0 Å². The van der Waals surface area contributed by atoms with Crippen LogP contribution in [-0.2, 0) is 9.54 Å². The van der Waals surface area contributed by atoms with Crippen LogP contribution in [0.25, 0.3) is 0 Å². The number of methoxy groups -OCH3 is 2. The lowest BCUT2D eigenvalue weighted by Crippen LogP contribution is -2.34. The van der Waals surface area contributed by atoms with E-state index in [9.17, 15) is 4.79 Å². The molecule has 2 aliphatic heterocycles. The molecule has 2 unspecified atom stereocenters. The van der Waals surface area contributed by atoms with Gasteiger partial charge < -0.3 is 14.8 Å². The highest BCUT2D eigenvalue weighted by molar-refractivity contribution is 8.15. The largest absolute Gasteiger partial charge is 0.493 e. The van der Waals surface area contributed by atoms with Gasteiger partial charge in [-0.3, -0.25) is 4.79 Å². The first kappa shape index (κ1) is 11.9. The molecule has 2 aliphatic rings. The summed E-state index contributed by atoms with van der Waals surface area (Å²) in [5.41, 5.74) is 1.13. The zero-order valence-electron chi connectivity index (χ0n) is 10.4. The van der Waals surface area contributed by atoms with Gasteiger partial charge in [0, 0.05) is 6.54 Å². The van der Waals surface area contributed by atoms with Crippen molar-refractivity contribution in [2.75, 3.05) is 20.8 Å². The fraction of sp³-hybridized carbons (Fsp3) is 0.462. The number of thioether (sulfide) groups is 1. The van der Waals surface area contributed by atoms with Crippen molar-refractivity contribution in [3.63, 3.8) is 0 Å². The molecule has 2 bridgehead atoms. The molecule has 0 spiro atoms. The Hall–Kier alpha value is -1.20. The fourth-order valence-corrected chi connectivity index (χ4v) is 4.01. The van der Waals surface area contributed by atoms with Gasteiger partial charge in [-0.1, -0.05) is 17.8 Å². The van der Waals surface area contributed by atoms with E-state index in [1.54, 1.807) is 14.2 Å². The van der Waals surface area contributed by atoms with E-state index in [1.807, 2.05) is 18.2 Å². The molecule has 2 heterocycles. The molecule has 18 heavy (non-hydrogen) atoms. The first-order chi connectivity index (χ1) is 8.68. The maximum atomic E-state index is 11.7. The van der Waals surface area contributed by atoms with Gasteiger partial charge in [0.2, 0.25) is 5.12 Å². The molecular formula is C13H15NO3S. The second kappa shape index (κ2) is 4.17. The standard InChI is InChI=1S/C13H15NO3S/c1-16-10-4-3-8(5-11(10)17-2)13-6-9(14-7-13)12(15)18-13/h3-5,9,14H,6-7H2,1-2H3. The van der Waals surface area contributed by atoms with Crippen LogP contribution in [-0.4, -0.2) is 31.9 Å². The number of hydrogen-bond donors (Lipinski definition) is 1. The molecule has 0 aliphatic carbocycles. The Morgan fingerprint density at radius 2 is 2.11 bits per heavy atom. The Bertz CT molecular complexity index is 505. The lowest BCUT2D eigenvalue weighted by molar-refractivity contribution is -0.112. The van der Waals surface area contributed by atoms with Gasteiger partial charge in [-0.25, -0.2) is 0 Å². The molecule has 4 nitrogen and oxygen atoms in total. The predicted octanol–water partition coefficient (Wildman–Crippen LogP) is 1.53. The van der Waals surface area contributed by atoms with Crippen LogP contribution in [0.3, 0.4) is 0 Å². The van der Waals surface area contributed by atoms with Gasteiger partial charge in [0.25, 0.3) is 0 Å². The first-order valence-electron chi connectivity index (χ1n) is 5.87. The normalized spacial score (nSPS) is 29.7. The average Bonchev–Trinajstić information content (AvgIpc) is 2.96. The van der Waals surface area contributed by atoms with Crippen molar-refractivity contribution in [1.29, 1.82) is 0 Å². The minimum atomic E-state index is -0.124. The minimum absolute atomic E-state index is 0.0168. The van der Waals surface area contributed by atoms with Gasteiger partial charge in [0.05, 0.1) is 25.0 Å². The summed E-state index contributed by atoms with van der Waals surface area (Å²) >= 11 is 1.45. The van der Waals surface area contributed by atoms with Crippen molar-refractivity contribution in [3.8, 4) is 11.5 Å². The van der Waals surface area contributed by atoms with Gasteiger partial charge in [-0.2, -0.15) is 0 Å². The molecule has 1 aromatic rings. The van der Waals surface area contributed by atoms with E-state index >= 15 is 0 Å². The summed E-state index contributed by atoms with van der Waals surface area (Å²) in [7, 11) is 3.25. The number of fused-ring (bicyclic) bond motifs is 2. The van der Waals surface area contributed by atoms with Crippen molar-refractivity contribution in [2.45, 2.75) is 17.2 Å². The number of benzene rings is 1. The molecule has 2 saturated heterocycles. The predicted molar refractivity (Wildman–Crippen MR) is 70.2 cm³/mol. The lowest BCUT2D eigenvalue weighted by Gasteiger charge is -2.25. The molecule has 0 radical (unpaired) electrons. The molecule has 0 aromatic heterocycles. The van der Waals surface area contributed by atoms with Crippen LogP contribution < -0.4 is 14.8 Å². The van der Waals surface area contributed by atoms with Crippen molar-refractivity contribution >= 4 is 16.9 Å². The summed E-state index contributed by atoms with van der Waals surface area (Å²) in [6, 6.07) is 5.92. The highest BCUT2D eigenvalue weighted by atomic mass is 32.2. The molecule has 2 fully saturated rings. The number of hydrogen-bond acceptors (Lipinski definition) is 5. The highest BCUT2D eigenvalue weighted by Gasteiger charge is 2.52. The number of carbonyl (C=O) groups is 1. The molecule has 5 heteroatoms. The second-order valence-electron chi connectivity index (χ2n) is 4.62. The minimum Gasteiger partial charge on any atom is -0.493 e. The molecule has 0 amide bonds. The summed E-state index contributed by atoms with van der Waals surface area (Å²) in [6.07, 6.45) is 0.867. The summed E-state index contributed by atoms with van der Waals surface area (Å²) in [6.45, 7) is 0.837. The number of carbonyl (C=O) groups excluding carboxylic acids is 1. The molecule has 1 N–H and O–H groups in total. The van der Waals surface area contributed by atoms with E-state index in [0.29, 0.717) is 5.75 Å². The maximum absolute atomic E-state index is 11.7. The number of nitrogens with one attached hydrogen (secondary N) is 1. The van der Waals surface area contributed by atoms with Crippen LogP contribution in [0, 0.1) is 0 Å². The Kier molecular flexibility index (Phi) is 2.75. The van der Waals surface area contributed by atoms with Crippen LogP contribution in [0.5, 0.6) is 11.5 Å². The van der Waals surface area contributed by atoms with Crippen LogP contribution in [0.4, 0.5) is 0 Å². The molecule has 0 saturated carbocycles. The van der Waals surface area contributed by atoms with Crippen molar-refractivity contribution < 1.29 is 14.3 Å². The molecule has 2 atom stereocenters. The third-order valence-electron chi connectivity index (χ3n) is 3.66. The van der Waals surface area contributed by atoms with Gasteiger partial charge in [-0.05, 0) is 24.1 Å². The number of rotatable bonds is 3. The topological polar surface area (TPSA) is 47.6 Å².